The van der Waals surface area contributed by atoms with Crippen molar-refractivity contribution in [3.05, 3.63) is 23.3 Å². The Bertz CT molecular complexity index is 487. The van der Waals surface area contributed by atoms with Crippen LogP contribution in [0.3, 0.4) is 0 Å². The van der Waals surface area contributed by atoms with Gasteiger partial charge in [-0.25, -0.2) is 4.79 Å². The number of ether oxygens (including phenoxy) is 1. The summed E-state index contributed by atoms with van der Waals surface area (Å²) in [7, 11) is 0. The molecule has 104 valence electrons. The Morgan fingerprint density at radius 2 is 1.95 bits per heavy atom. The van der Waals surface area contributed by atoms with E-state index in [-0.39, 0.29) is 12.2 Å². The Labute approximate surface area is 110 Å². The molecule has 0 saturated heterocycles. The lowest BCUT2D eigenvalue weighted by Crippen LogP contribution is -2.44. The maximum Gasteiger partial charge on any atom is 0.332 e. The summed E-state index contributed by atoms with van der Waals surface area (Å²) in [6, 6.07) is 0. The van der Waals surface area contributed by atoms with Crippen molar-refractivity contribution in [2.75, 3.05) is 6.61 Å². The maximum atomic E-state index is 12.0. The average Bonchev–Trinajstić information content (AvgIpc) is 2.31. The van der Waals surface area contributed by atoms with Gasteiger partial charge in [0.25, 0.3) is 0 Å². The van der Waals surface area contributed by atoms with E-state index in [2.05, 4.69) is 0 Å². The van der Waals surface area contributed by atoms with E-state index in [0.29, 0.717) is 5.57 Å². The van der Waals surface area contributed by atoms with Crippen LogP contribution < -0.4 is 0 Å². The fraction of sp³-hybridized carbons (Fsp3) is 0.462. The van der Waals surface area contributed by atoms with Crippen molar-refractivity contribution >= 4 is 17.9 Å². The van der Waals surface area contributed by atoms with Crippen LogP contribution in [0.5, 0.6) is 0 Å². The minimum atomic E-state index is -1.63. The number of allylic oxidation sites excluding steroid dienone is 2. The van der Waals surface area contributed by atoms with Gasteiger partial charge in [0.2, 0.25) is 0 Å². The van der Waals surface area contributed by atoms with Crippen LogP contribution in [0, 0.1) is 11.3 Å². The number of carboxylic acids is 2. The van der Waals surface area contributed by atoms with E-state index in [4.69, 9.17) is 4.74 Å². The Morgan fingerprint density at radius 3 is 2.37 bits per heavy atom. The number of hydrogen-bond donors (Lipinski definition) is 2. The van der Waals surface area contributed by atoms with E-state index in [0.717, 1.165) is 0 Å². The largest absolute Gasteiger partial charge is 0.481 e. The van der Waals surface area contributed by atoms with Crippen LogP contribution in [0.15, 0.2) is 23.3 Å². The Balaban J connectivity index is 3.41. The molecule has 2 unspecified atom stereocenters. The highest BCUT2D eigenvalue weighted by Crippen LogP contribution is 2.41. The molecule has 0 radical (unpaired) electrons. The molecule has 0 aromatic heterocycles. The van der Waals surface area contributed by atoms with Gasteiger partial charge in [0.05, 0.1) is 12.2 Å². The second-order valence-electron chi connectivity index (χ2n) is 4.51. The number of carboxylic acid groups (broad SMARTS) is 2. The van der Waals surface area contributed by atoms with Crippen LogP contribution >= 0.6 is 0 Å². The van der Waals surface area contributed by atoms with Crippen LogP contribution in [0.1, 0.15) is 20.8 Å². The zero-order chi connectivity index (χ0) is 14.8. The lowest BCUT2D eigenvalue weighted by Gasteiger charge is -2.33. The van der Waals surface area contributed by atoms with Crippen LogP contribution in [0.25, 0.3) is 0 Å². The quantitative estimate of drug-likeness (QED) is 0.743. The predicted octanol–water partition coefficient (Wildman–Crippen LogP) is 1.23. The van der Waals surface area contributed by atoms with E-state index in [1.165, 1.54) is 26.0 Å². The van der Waals surface area contributed by atoms with E-state index < -0.39 is 29.2 Å². The summed E-state index contributed by atoms with van der Waals surface area (Å²) in [5, 5.41) is 18.5. The average molecular weight is 268 g/mol. The van der Waals surface area contributed by atoms with Crippen molar-refractivity contribution in [3.63, 3.8) is 0 Å². The number of carbonyl (C=O) groups excluding carboxylic acids is 1. The molecule has 1 aliphatic rings. The van der Waals surface area contributed by atoms with Crippen molar-refractivity contribution in [1.29, 1.82) is 0 Å². The van der Waals surface area contributed by atoms with E-state index in [9.17, 15) is 24.6 Å². The second-order valence-corrected chi connectivity index (χ2v) is 4.51. The monoisotopic (exact) mass is 268 g/mol. The summed E-state index contributed by atoms with van der Waals surface area (Å²) >= 11 is 0. The molecule has 0 heterocycles. The highest BCUT2D eigenvalue weighted by atomic mass is 16.5. The van der Waals surface area contributed by atoms with Crippen molar-refractivity contribution in [2.45, 2.75) is 20.8 Å². The van der Waals surface area contributed by atoms with Crippen LogP contribution in [-0.2, 0) is 19.1 Å². The van der Waals surface area contributed by atoms with Gasteiger partial charge >= 0.3 is 17.9 Å². The Morgan fingerprint density at radius 1 is 1.37 bits per heavy atom. The number of hydrogen-bond acceptors (Lipinski definition) is 4. The molecule has 0 amide bonds. The minimum Gasteiger partial charge on any atom is -0.481 e. The van der Waals surface area contributed by atoms with Crippen LogP contribution in [0.2, 0.25) is 0 Å². The van der Waals surface area contributed by atoms with Crippen molar-refractivity contribution in [3.8, 4) is 0 Å². The lowest BCUT2D eigenvalue weighted by molar-refractivity contribution is -0.160. The molecule has 0 bridgehead atoms. The first-order valence-electron chi connectivity index (χ1n) is 5.79. The van der Waals surface area contributed by atoms with E-state index in [1.807, 2.05) is 0 Å². The third-order valence-corrected chi connectivity index (χ3v) is 3.21. The molecule has 0 saturated carbocycles. The Hall–Kier alpha value is -2.11. The zero-order valence-electron chi connectivity index (χ0n) is 11.0. The third kappa shape index (κ3) is 2.52. The molecule has 6 nitrogen and oxygen atoms in total. The summed E-state index contributed by atoms with van der Waals surface area (Å²) in [5.74, 6) is -4.78. The maximum absolute atomic E-state index is 12.0. The predicted molar refractivity (Wildman–Crippen MR) is 65.3 cm³/mol. The van der Waals surface area contributed by atoms with Gasteiger partial charge in [-0.15, -0.1) is 0 Å². The zero-order valence-corrected chi connectivity index (χ0v) is 11.0. The molecule has 2 N–H and O–H groups in total. The number of esters is 1. The van der Waals surface area contributed by atoms with E-state index >= 15 is 0 Å². The molecule has 0 aromatic carbocycles. The third-order valence-electron chi connectivity index (χ3n) is 3.21. The van der Waals surface area contributed by atoms with Gasteiger partial charge in [-0.2, -0.15) is 0 Å². The molecule has 2 atom stereocenters. The second kappa shape index (κ2) is 5.26. The lowest BCUT2D eigenvalue weighted by atomic mass is 9.68. The normalized spacial score (nSPS) is 26.2. The molecule has 0 fully saturated rings. The van der Waals surface area contributed by atoms with Gasteiger partial charge in [0.1, 0.15) is 11.3 Å². The van der Waals surface area contributed by atoms with Gasteiger partial charge in [-0.05, 0) is 26.3 Å². The van der Waals surface area contributed by atoms with Gasteiger partial charge in [0, 0.05) is 0 Å². The summed E-state index contributed by atoms with van der Waals surface area (Å²) in [4.78, 5) is 34.7. The summed E-state index contributed by atoms with van der Waals surface area (Å²) in [5.41, 5.74) is -1.51. The van der Waals surface area contributed by atoms with Gasteiger partial charge in [-0.1, -0.05) is 12.2 Å². The van der Waals surface area contributed by atoms with Crippen molar-refractivity contribution in [2.24, 2.45) is 11.3 Å². The molecule has 1 aliphatic carbocycles. The number of carbonyl (C=O) groups is 3. The van der Waals surface area contributed by atoms with Gasteiger partial charge in [0.15, 0.2) is 0 Å². The van der Waals surface area contributed by atoms with Crippen molar-refractivity contribution in [1.82, 2.24) is 0 Å². The molecule has 6 heteroatoms. The van der Waals surface area contributed by atoms with Gasteiger partial charge < -0.3 is 14.9 Å². The molecule has 0 aromatic rings. The number of aliphatic carboxylic acids is 2. The fourth-order valence-electron chi connectivity index (χ4n) is 2.09. The first kappa shape index (κ1) is 14.9. The molecular weight excluding hydrogens is 252 g/mol. The number of rotatable bonds is 4. The molecule has 1 rings (SSSR count). The first-order chi connectivity index (χ1) is 8.75. The standard InChI is InChI=1S/C13H16O6/c1-4-19-11(16)9-8(10(14)15)7(2)5-6-13(9,3)12(17)18/h5-6,9H,4H2,1-3H3,(H,14,15)(H,17,18). The van der Waals surface area contributed by atoms with Crippen LogP contribution in [-0.4, -0.2) is 34.7 Å². The van der Waals surface area contributed by atoms with Crippen LogP contribution in [0.4, 0.5) is 0 Å². The minimum absolute atomic E-state index is 0.0562. The molecule has 0 spiro atoms. The van der Waals surface area contributed by atoms with Gasteiger partial charge in [-0.3, -0.25) is 9.59 Å². The highest BCUT2D eigenvalue weighted by Gasteiger charge is 2.50. The smallest absolute Gasteiger partial charge is 0.332 e. The summed E-state index contributed by atoms with van der Waals surface area (Å²) in [6.45, 7) is 4.46. The first-order valence-corrected chi connectivity index (χ1v) is 5.79. The highest BCUT2D eigenvalue weighted by molar-refractivity contribution is 6.00. The molecular formula is C13H16O6. The summed E-state index contributed by atoms with van der Waals surface area (Å²) < 4.78 is 4.82. The molecule has 0 aliphatic heterocycles. The Kier molecular flexibility index (Phi) is 4.14. The van der Waals surface area contributed by atoms with Crippen molar-refractivity contribution < 1.29 is 29.3 Å². The topological polar surface area (TPSA) is 101 Å². The SMILES string of the molecule is CCOC(=O)C1C(C(=O)O)=C(C)C=CC1(C)C(=O)O. The fourth-order valence-corrected chi connectivity index (χ4v) is 2.09. The summed E-state index contributed by atoms with van der Waals surface area (Å²) in [6.07, 6.45) is 2.74. The van der Waals surface area contributed by atoms with E-state index in [1.54, 1.807) is 6.92 Å². The molecule has 19 heavy (non-hydrogen) atoms.